The van der Waals surface area contributed by atoms with Crippen LogP contribution >= 0.6 is 0 Å². The largest absolute Gasteiger partial charge is 0.444 e. The topological polar surface area (TPSA) is 96.5 Å². The Balaban J connectivity index is 1.98. The van der Waals surface area contributed by atoms with Crippen molar-refractivity contribution in [3.63, 3.8) is 0 Å². The van der Waals surface area contributed by atoms with Crippen molar-refractivity contribution in [2.75, 3.05) is 19.6 Å². The smallest absolute Gasteiger partial charge is 0.407 e. The lowest BCUT2D eigenvalue weighted by atomic mass is 10.1. The van der Waals surface area contributed by atoms with Crippen molar-refractivity contribution >= 4 is 17.9 Å². The number of ether oxygens (including phenoxy) is 1. The molecule has 0 aromatic carbocycles. The number of rotatable bonds is 8. The molecule has 3 N–H and O–H groups in total. The summed E-state index contributed by atoms with van der Waals surface area (Å²) in [5, 5.41) is 8.22. The van der Waals surface area contributed by atoms with E-state index in [1.165, 1.54) is 0 Å². The van der Waals surface area contributed by atoms with Gasteiger partial charge in [0.1, 0.15) is 5.60 Å². The van der Waals surface area contributed by atoms with Gasteiger partial charge in [0.15, 0.2) is 0 Å². The van der Waals surface area contributed by atoms with E-state index in [9.17, 15) is 14.4 Å². The number of amides is 3. The Morgan fingerprint density at radius 1 is 0.958 bits per heavy atom. The van der Waals surface area contributed by atoms with Crippen LogP contribution in [0.2, 0.25) is 0 Å². The van der Waals surface area contributed by atoms with E-state index < -0.39 is 11.7 Å². The molecule has 1 fully saturated rings. The van der Waals surface area contributed by atoms with Gasteiger partial charge in [0.05, 0.1) is 0 Å². The van der Waals surface area contributed by atoms with Crippen LogP contribution in [0.1, 0.15) is 59.3 Å². The molecule has 138 valence electrons. The third kappa shape index (κ3) is 9.37. The van der Waals surface area contributed by atoms with Gasteiger partial charge in [0, 0.05) is 32.0 Å². The van der Waals surface area contributed by atoms with Gasteiger partial charge in [-0.2, -0.15) is 0 Å². The van der Waals surface area contributed by atoms with Crippen LogP contribution in [0.25, 0.3) is 0 Å². The second-order valence-electron chi connectivity index (χ2n) is 7.15. The Morgan fingerprint density at radius 3 is 2.21 bits per heavy atom. The van der Waals surface area contributed by atoms with Gasteiger partial charge in [0.25, 0.3) is 0 Å². The summed E-state index contributed by atoms with van der Waals surface area (Å²) in [5.74, 6) is 0.187. The standard InChI is InChI=1S/C17H31N3O4/c1-17(2,3)24-16(23)20-12-9-14(21)18-10-6-11-19-15(22)13-7-4-5-8-13/h13H,4-12H2,1-3H3,(H,18,21)(H,19,22)(H,20,23). The van der Waals surface area contributed by atoms with Gasteiger partial charge in [-0.3, -0.25) is 9.59 Å². The first kappa shape index (κ1) is 20.3. The van der Waals surface area contributed by atoms with Crippen LogP contribution in [0, 0.1) is 5.92 Å². The molecular formula is C17H31N3O4. The van der Waals surface area contributed by atoms with Crippen molar-refractivity contribution in [2.45, 2.75) is 64.9 Å². The monoisotopic (exact) mass is 341 g/mol. The number of carbonyl (C=O) groups excluding carboxylic acids is 3. The number of nitrogens with one attached hydrogen (secondary N) is 3. The number of carbonyl (C=O) groups is 3. The van der Waals surface area contributed by atoms with E-state index in [0.29, 0.717) is 19.5 Å². The normalized spacial score (nSPS) is 15.0. The first-order chi connectivity index (χ1) is 11.3. The number of alkyl carbamates (subject to hydrolysis) is 1. The molecule has 0 radical (unpaired) electrons. The molecule has 24 heavy (non-hydrogen) atoms. The van der Waals surface area contributed by atoms with E-state index in [-0.39, 0.29) is 30.7 Å². The van der Waals surface area contributed by atoms with Gasteiger partial charge in [-0.15, -0.1) is 0 Å². The summed E-state index contributed by atoms with van der Waals surface area (Å²) in [6, 6.07) is 0. The predicted octanol–water partition coefficient (Wildman–Crippen LogP) is 1.71. The molecule has 0 aromatic rings. The molecule has 0 heterocycles. The van der Waals surface area contributed by atoms with Gasteiger partial charge in [0.2, 0.25) is 11.8 Å². The average molecular weight is 341 g/mol. The summed E-state index contributed by atoms with van der Waals surface area (Å²) < 4.78 is 5.08. The van der Waals surface area contributed by atoms with Crippen LogP contribution in [0.15, 0.2) is 0 Å². The Bertz CT molecular complexity index is 426. The fourth-order valence-electron chi connectivity index (χ4n) is 2.54. The maximum absolute atomic E-state index is 11.8. The zero-order valence-corrected chi connectivity index (χ0v) is 15.1. The average Bonchev–Trinajstić information content (AvgIpc) is 2.99. The molecule has 1 aliphatic rings. The second kappa shape index (κ2) is 10.2. The highest BCUT2D eigenvalue weighted by Crippen LogP contribution is 2.24. The highest BCUT2D eigenvalue weighted by molar-refractivity contribution is 5.79. The first-order valence-electron chi connectivity index (χ1n) is 8.79. The summed E-state index contributed by atoms with van der Waals surface area (Å²) in [6.45, 7) is 6.67. The lowest BCUT2D eigenvalue weighted by Crippen LogP contribution is -2.36. The zero-order valence-electron chi connectivity index (χ0n) is 15.1. The van der Waals surface area contributed by atoms with Crippen LogP contribution in [0.4, 0.5) is 4.79 Å². The third-order valence-electron chi connectivity index (χ3n) is 3.72. The molecule has 0 aliphatic heterocycles. The zero-order chi connectivity index (χ0) is 18.0. The minimum atomic E-state index is -0.546. The quantitative estimate of drug-likeness (QED) is 0.586. The Kier molecular flexibility index (Phi) is 8.57. The van der Waals surface area contributed by atoms with Gasteiger partial charge < -0.3 is 20.7 Å². The fourth-order valence-corrected chi connectivity index (χ4v) is 2.54. The van der Waals surface area contributed by atoms with Crippen molar-refractivity contribution in [2.24, 2.45) is 5.92 Å². The SMILES string of the molecule is CC(C)(C)OC(=O)NCCC(=O)NCCCNC(=O)C1CCCC1. The summed E-state index contributed by atoms with van der Waals surface area (Å²) >= 11 is 0. The second-order valence-corrected chi connectivity index (χ2v) is 7.15. The molecule has 0 atom stereocenters. The maximum atomic E-state index is 11.8. The van der Waals surface area contributed by atoms with Crippen LogP contribution in [-0.2, 0) is 14.3 Å². The molecule has 0 bridgehead atoms. The van der Waals surface area contributed by atoms with E-state index in [1.54, 1.807) is 20.8 Å². The Morgan fingerprint density at radius 2 is 1.58 bits per heavy atom. The van der Waals surface area contributed by atoms with E-state index in [0.717, 1.165) is 25.7 Å². The summed E-state index contributed by atoms with van der Waals surface area (Å²) in [6.07, 6.45) is 4.65. The van der Waals surface area contributed by atoms with Crippen LogP contribution < -0.4 is 16.0 Å². The third-order valence-corrected chi connectivity index (χ3v) is 3.72. The summed E-state index contributed by atoms with van der Waals surface area (Å²) in [7, 11) is 0. The van der Waals surface area contributed by atoms with E-state index in [4.69, 9.17) is 4.74 Å². The lowest BCUT2D eigenvalue weighted by molar-refractivity contribution is -0.124. The maximum Gasteiger partial charge on any atom is 0.407 e. The first-order valence-corrected chi connectivity index (χ1v) is 8.79. The highest BCUT2D eigenvalue weighted by Gasteiger charge is 2.21. The van der Waals surface area contributed by atoms with Gasteiger partial charge in [-0.05, 0) is 40.0 Å². The summed E-state index contributed by atoms with van der Waals surface area (Å²) in [4.78, 5) is 34.8. The summed E-state index contributed by atoms with van der Waals surface area (Å²) in [5.41, 5.74) is -0.546. The Labute approximate surface area is 144 Å². The van der Waals surface area contributed by atoms with Gasteiger partial charge >= 0.3 is 6.09 Å². The van der Waals surface area contributed by atoms with Crippen LogP contribution in [0.5, 0.6) is 0 Å². The van der Waals surface area contributed by atoms with E-state index in [2.05, 4.69) is 16.0 Å². The lowest BCUT2D eigenvalue weighted by Gasteiger charge is -2.19. The molecule has 0 unspecified atom stereocenters. The van der Waals surface area contributed by atoms with Crippen molar-refractivity contribution < 1.29 is 19.1 Å². The Hall–Kier alpha value is -1.79. The predicted molar refractivity (Wildman–Crippen MR) is 91.4 cm³/mol. The van der Waals surface area contributed by atoms with Crippen molar-refractivity contribution in [3.8, 4) is 0 Å². The molecule has 0 aromatic heterocycles. The number of hydrogen-bond acceptors (Lipinski definition) is 4. The van der Waals surface area contributed by atoms with E-state index in [1.807, 2.05) is 0 Å². The van der Waals surface area contributed by atoms with E-state index >= 15 is 0 Å². The molecule has 1 rings (SSSR count). The molecule has 3 amide bonds. The van der Waals surface area contributed by atoms with Gasteiger partial charge in [-0.25, -0.2) is 4.79 Å². The van der Waals surface area contributed by atoms with Crippen molar-refractivity contribution in [1.82, 2.24) is 16.0 Å². The van der Waals surface area contributed by atoms with Crippen LogP contribution in [0.3, 0.4) is 0 Å². The molecule has 7 heteroatoms. The molecular weight excluding hydrogens is 310 g/mol. The minimum Gasteiger partial charge on any atom is -0.444 e. The molecule has 1 saturated carbocycles. The molecule has 0 spiro atoms. The minimum absolute atomic E-state index is 0.131. The fraction of sp³-hybridized carbons (Fsp3) is 0.824. The number of hydrogen-bond donors (Lipinski definition) is 3. The molecule has 0 saturated heterocycles. The molecule has 7 nitrogen and oxygen atoms in total. The molecule has 1 aliphatic carbocycles. The van der Waals surface area contributed by atoms with Crippen LogP contribution in [-0.4, -0.2) is 43.1 Å². The van der Waals surface area contributed by atoms with Crippen molar-refractivity contribution in [3.05, 3.63) is 0 Å². The van der Waals surface area contributed by atoms with Gasteiger partial charge in [-0.1, -0.05) is 12.8 Å². The van der Waals surface area contributed by atoms with Crippen molar-refractivity contribution in [1.29, 1.82) is 0 Å². The highest BCUT2D eigenvalue weighted by atomic mass is 16.6.